The van der Waals surface area contributed by atoms with Crippen molar-refractivity contribution in [1.82, 2.24) is 4.31 Å². The van der Waals surface area contributed by atoms with E-state index in [2.05, 4.69) is 0 Å². The molecule has 1 rings (SSSR count). The predicted octanol–water partition coefficient (Wildman–Crippen LogP) is -0.0599. The first-order chi connectivity index (χ1) is 8.28. The summed E-state index contributed by atoms with van der Waals surface area (Å²) in [5, 5.41) is 0. The molecule has 0 radical (unpaired) electrons. The zero-order valence-corrected chi connectivity index (χ0v) is 10.7. The molecular formula is C10H13FN2O4S. The molecule has 100 valence electrons. The van der Waals surface area contributed by atoms with Crippen molar-refractivity contribution < 1.29 is 22.3 Å². The first-order valence-electron chi connectivity index (χ1n) is 4.87. The van der Waals surface area contributed by atoms with Crippen molar-refractivity contribution in [3.63, 3.8) is 0 Å². The average molecular weight is 276 g/mol. The maximum Gasteiger partial charge on any atom is 0.247 e. The zero-order valence-electron chi connectivity index (χ0n) is 9.88. The fraction of sp³-hybridized carbons (Fsp3) is 0.300. The van der Waals surface area contributed by atoms with Crippen molar-refractivity contribution in [2.45, 2.75) is 4.90 Å². The fourth-order valence-corrected chi connectivity index (χ4v) is 2.62. The van der Waals surface area contributed by atoms with Gasteiger partial charge in [-0.25, -0.2) is 12.8 Å². The number of halogens is 1. The van der Waals surface area contributed by atoms with Gasteiger partial charge in [-0.15, -0.1) is 0 Å². The molecule has 0 aliphatic heterocycles. The quantitative estimate of drug-likeness (QED) is 0.815. The molecule has 0 bridgehead atoms. The monoisotopic (exact) mass is 276 g/mol. The van der Waals surface area contributed by atoms with Crippen molar-refractivity contribution >= 4 is 15.9 Å². The van der Waals surface area contributed by atoms with E-state index in [0.29, 0.717) is 0 Å². The molecule has 1 amide bonds. The Labute approximate surface area is 104 Å². The maximum absolute atomic E-state index is 13.1. The molecule has 0 fully saturated rings. The van der Waals surface area contributed by atoms with Crippen LogP contribution >= 0.6 is 0 Å². The second-order valence-corrected chi connectivity index (χ2v) is 5.54. The minimum Gasteiger partial charge on any atom is -0.495 e. The molecule has 1 aromatic rings. The van der Waals surface area contributed by atoms with Crippen LogP contribution in [0.25, 0.3) is 0 Å². The summed E-state index contributed by atoms with van der Waals surface area (Å²) in [7, 11) is -1.60. The van der Waals surface area contributed by atoms with Crippen LogP contribution in [0, 0.1) is 5.82 Å². The van der Waals surface area contributed by atoms with E-state index >= 15 is 0 Å². The van der Waals surface area contributed by atoms with E-state index in [1.54, 1.807) is 0 Å². The van der Waals surface area contributed by atoms with E-state index in [-0.39, 0.29) is 10.6 Å². The average Bonchev–Trinajstić information content (AvgIpc) is 2.28. The first kappa shape index (κ1) is 14.4. The van der Waals surface area contributed by atoms with Gasteiger partial charge in [0.2, 0.25) is 15.9 Å². The minimum atomic E-state index is -4.03. The van der Waals surface area contributed by atoms with Crippen LogP contribution in [0.5, 0.6) is 5.75 Å². The van der Waals surface area contributed by atoms with Crippen molar-refractivity contribution in [2.24, 2.45) is 5.73 Å². The van der Waals surface area contributed by atoms with Gasteiger partial charge in [0.15, 0.2) is 0 Å². The van der Waals surface area contributed by atoms with Gasteiger partial charge in [-0.05, 0) is 18.2 Å². The normalized spacial score (nSPS) is 11.6. The molecule has 0 spiro atoms. The molecule has 6 nitrogen and oxygen atoms in total. The van der Waals surface area contributed by atoms with Crippen LogP contribution in [0.15, 0.2) is 23.1 Å². The molecule has 0 aliphatic rings. The lowest BCUT2D eigenvalue weighted by Crippen LogP contribution is -2.35. The second-order valence-electron chi connectivity index (χ2n) is 3.52. The minimum absolute atomic E-state index is 0.00674. The van der Waals surface area contributed by atoms with Crippen LogP contribution in [0.3, 0.4) is 0 Å². The van der Waals surface area contributed by atoms with Crippen LogP contribution in [0.2, 0.25) is 0 Å². The third-order valence-corrected chi connectivity index (χ3v) is 4.02. The number of likely N-dealkylation sites (N-methyl/N-ethyl adjacent to an activating group) is 1. The van der Waals surface area contributed by atoms with Crippen molar-refractivity contribution in [3.8, 4) is 5.75 Å². The number of rotatable bonds is 5. The molecule has 0 atom stereocenters. The highest BCUT2D eigenvalue weighted by Crippen LogP contribution is 2.26. The third kappa shape index (κ3) is 2.96. The summed E-state index contributed by atoms with van der Waals surface area (Å²) in [4.78, 5) is 10.4. The van der Waals surface area contributed by atoms with E-state index in [1.165, 1.54) is 20.2 Å². The van der Waals surface area contributed by atoms with E-state index in [9.17, 15) is 17.6 Å². The molecule has 1 aromatic carbocycles. The Kier molecular flexibility index (Phi) is 4.25. The van der Waals surface area contributed by atoms with Gasteiger partial charge in [0.1, 0.15) is 16.5 Å². The van der Waals surface area contributed by atoms with Crippen molar-refractivity contribution in [2.75, 3.05) is 20.7 Å². The number of nitrogens with zero attached hydrogens (tertiary/aromatic N) is 1. The standard InChI is InChI=1S/C10H13FN2O4S/c1-13(6-10(12)14)18(15,16)9-5-7(11)3-4-8(9)17-2/h3-5H,6H2,1-2H3,(H2,12,14). The van der Waals surface area contributed by atoms with E-state index < -0.39 is 28.3 Å². The second kappa shape index (κ2) is 5.32. The maximum atomic E-state index is 13.1. The molecule has 18 heavy (non-hydrogen) atoms. The summed E-state index contributed by atoms with van der Waals surface area (Å²) < 4.78 is 42.8. The molecule has 0 heterocycles. The van der Waals surface area contributed by atoms with Crippen LogP contribution in [-0.2, 0) is 14.8 Å². The van der Waals surface area contributed by atoms with Gasteiger partial charge in [-0.1, -0.05) is 0 Å². The van der Waals surface area contributed by atoms with Crippen LogP contribution < -0.4 is 10.5 Å². The number of primary amides is 1. The predicted molar refractivity (Wildman–Crippen MR) is 62.0 cm³/mol. The molecule has 0 saturated heterocycles. The Morgan fingerprint density at radius 2 is 2.11 bits per heavy atom. The Hall–Kier alpha value is -1.67. The van der Waals surface area contributed by atoms with Gasteiger partial charge >= 0.3 is 0 Å². The molecule has 0 saturated carbocycles. The lowest BCUT2D eigenvalue weighted by molar-refractivity contribution is -0.118. The van der Waals surface area contributed by atoms with Gasteiger partial charge in [0.05, 0.1) is 13.7 Å². The molecule has 8 heteroatoms. The number of sulfonamides is 1. The van der Waals surface area contributed by atoms with Crippen molar-refractivity contribution in [1.29, 1.82) is 0 Å². The molecule has 0 unspecified atom stereocenters. The summed E-state index contributed by atoms with van der Waals surface area (Å²) in [6.07, 6.45) is 0. The van der Waals surface area contributed by atoms with Crippen molar-refractivity contribution in [3.05, 3.63) is 24.0 Å². The largest absolute Gasteiger partial charge is 0.495 e. The van der Waals surface area contributed by atoms with Gasteiger partial charge in [0, 0.05) is 7.05 Å². The molecular weight excluding hydrogens is 263 g/mol. The summed E-state index contributed by atoms with van der Waals surface area (Å²) in [6, 6.07) is 3.10. The lowest BCUT2D eigenvalue weighted by atomic mass is 10.3. The highest BCUT2D eigenvalue weighted by Gasteiger charge is 2.26. The highest BCUT2D eigenvalue weighted by atomic mass is 32.2. The Balaban J connectivity index is 3.27. The molecule has 2 N–H and O–H groups in total. The Morgan fingerprint density at radius 1 is 1.50 bits per heavy atom. The number of methoxy groups -OCH3 is 1. The summed E-state index contributed by atoms with van der Waals surface area (Å²) in [5.74, 6) is -1.54. The summed E-state index contributed by atoms with van der Waals surface area (Å²) in [6.45, 7) is -0.498. The number of hydrogen-bond donors (Lipinski definition) is 1. The number of hydrogen-bond acceptors (Lipinski definition) is 4. The SMILES string of the molecule is COc1ccc(F)cc1S(=O)(=O)N(C)CC(N)=O. The number of amides is 1. The Morgan fingerprint density at radius 3 is 2.61 bits per heavy atom. The first-order valence-corrected chi connectivity index (χ1v) is 6.31. The summed E-state index contributed by atoms with van der Waals surface area (Å²) >= 11 is 0. The van der Waals surface area contributed by atoms with Crippen LogP contribution in [0.1, 0.15) is 0 Å². The number of carbonyl (C=O) groups is 1. The lowest BCUT2D eigenvalue weighted by Gasteiger charge is -2.17. The van der Waals surface area contributed by atoms with Gasteiger partial charge < -0.3 is 10.5 Å². The highest BCUT2D eigenvalue weighted by molar-refractivity contribution is 7.89. The van der Waals surface area contributed by atoms with Gasteiger partial charge in [-0.2, -0.15) is 4.31 Å². The van der Waals surface area contributed by atoms with E-state index in [4.69, 9.17) is 10.5 Å². The molecule has 0 aromatic heterocycles. The number of benzene rings is 1. The third-order valence-electron chi connectivity index (χ3n) is 2.19. The number of nitrogens with two attached hydrogens (primary N) is 1. The summed E-state index contributed by atoms with van der Waals surface area (Å²) in [5.41, 5.74) is 4.92. The van der Waals surface area contributed by atoms with Crippen LogP contribution in [0.4, 0.5) is 4.39 Å². The fourth-order valence-electron chi connectivity index (χ4n) is 1.32. The smallest absolute Gasteiger partial charge is 0.247 e. The number of carbonyl (C=O) groups excluding carboxylic acids is 1. The van der Waals surface area contributed by atoms with E-state index in [0.717, 1.165) is 16.4 Å². The zero-order chi connectivity index (χ0) is 13.9. The van der Waals surface area contributed by atoms with E-state index in [1.807, 2.05) is 0 Å². The van der Waals surface area contributed by atoms with Crippen LogP contribution in [-0.4, -0.2) is 39.3 Å². The topological polar surface area (TPSA) is 89.7 Å². The number of ether oxygens (including phenoxy) is 1. The van der Waals surface area contributed by atoms with Gasteiger partial charge in [-0.3, -0.25) is 4.79 Å². The van der Waals surface area contributed by atoms with Gasteiger partial charge in [0.25, 0.3) is 0 Å². The Bertz CT molecular complexity index is 559. The molecule has 0 aliphatic carbocycles.